The summed E-state index contributed by atoms with van der Waals surface area (Å²) in [5.41, 5.74) is 1.14. The number of hydrogen-bond donors (Lipinski definition) is 0. The molecule has 0 saturated heterocycles. The van der Waals surface area contributed by atoms with Gasteiger partial charge in [0.25, 0.3) is 0 Å². The highest BCUT2D eigenvalue weighted by molar-refractivity contribution is 5.71. The normalized spacial score (nSPS) is 14.9. The summed E-state index contributed by atoms with van der Waals surface area (Å²) >= 11 is 0. The van der Waals surface area contributed by atoms with Crippen LogP contribution >= 0.6 is 0 Å². The maximum Gasteiger partial charge on any atom is 0.320 e. The number of esters is 1. The molecule has 0 radical (unpaired) electrons. The lowest BCUT2D eigenvalue weighted by molar-refractivity contribution is -0.144. The summed E-state index contributed by atoms with van der Waals surface area (Å²) in [5.74, 6) is -0.136. The fraction of sp³-hybridized carbons (Fsp3) is 0.538. The maximum atomic E-state index is 11.5. The van der Waals surface area contributed by atoms with Crippen LogP contribution < -0.4 is 0 Å². The highest BCUT2D eigenvalue weighted by atomic mass is 16.5. The fourth-order valence-corrected chi connectivity index (χ4v) is 1.85. The minimum absolute atomic E-state index is 0.136. The molecular formula is C13H18N2O2. The van der Waals surface area contributed by atoms with E-state index in [2.05, 4.69) is 9.88 Å². The van der Waals surface area contributed by atoms with Crippen molar-refractivity contribution in [3.63, 3.8) is 0 Å². The molecule has 92 valence electrons. The minimum Gasteiger partial charge on any atom is -0.465 e. The van der Waals surface area contributed by atoms with Gasteiger partial charge >= 0.3 is 5.97 Å². The van der Waals surface area contributed by atoms with E-state index in [9.17, 15) is 4.79 Å². The fourth-order valence-electron chi connectivity index (χ4n) is 1.85. The second-order valence-electron chi connectivity index (χ2n) is 4.30. The van der Waals surface area contributed by atoms with Gasteiger partial charge in [-0.1, -0.05) is 6.07 Å². The van der Waals surface area contributed by atoms with Crippen molar-refractivity contribution >= 4 is 5.97 Å². The van der Waals surface area contributed by atoms with E-state index in [0.717, 1.165) is 12.1 Å². The van der Waals surface area contributed by atoms with Crippen molar-refractivity contribution in [1.82, 2.24) is 9.88 Å². The highest BCUT2D eigenvalue weighted by Crippen LogP contribution is 2.27. The number of carbonyl (C=O) groups excluding carboxylic acids is 1. The van der Waals surface area contributed by atoms with Gasteiger partial charge in [0.1, 0.15) is 0 Å². The van der Waals surface area contributed by atoms with E-state index < -0.39 is 0 Å². The molecule has 17 heavy (non-hydrogen) atoms. The second-order valence-corrected chi connectivity index (χ2v) is 4.30. The summed E-state index contributed by atoms with van der Waals surface area (Å²) in [4.78, 5) is 17.8. The molecule has 0 N–H and O–H groups in total. The lowest BCUT2D eigenvalue weighted by Crippen LogP contribution is -2.32. The van der Waals surface area contributed by atoms with Crippen LogP contribution in [0.25, 0.3) is 0 Å². The van der Waals surface area contributed by atoms with Gasteiger partial charge in [0.05, 0.1) is 13.2 Å². The maximum absolute atomic E-state index is 11.5. The molecule has 1 aromatic rings. The van der Waals surface area contributed by atoms with Crippen LogP contribution in [0.4, 0.5) is 0 Å². The van der Waals surface area contributed by atoms with E-state index >= 15 is 0 Å². The molecule has 4 nitrogen and oxygen atoms in total. The van der Waals surface area contributed by atoms with E-state index in [1.54, 1.807) is 6.20 Å². The Balaban J connectivity index is 1.91. The summed E-state index contributed by atoms with van der Waals surface area (Å²) in [6.07, 6.45) is 5.97. The summed E-state index contributed by atoms with van der Waals surface area (Å²) in [5, 5.41) is 0. The van der Waals surface area contributed by atoms with Gasteiger partial charge in [0, 0.05) is 25.0 Å². The molecule has 0 spiro atoms. The smallest absolute Gasteiger partial charge is 0.320 e. The largest absolute Gasteiger partial charge is 0.465 e. The van der Waals surface area contributed by atoms with E-state index in [1.807, 2.05) is 25.3 Å². The van der Waals surface area contributed by atoms with Gasteiger partial charge in [-0.2, -0.15) is 0 Å². The molecule has 1 fully saturated rings. The van der Waals surface area contributed by atoms with Crippen LogP contribution in [0.5, 0.6) is 0 Å². The zero-order valence-corrected chi connectivity index (χ0v) is 10.1. The molecule has 1 saturated carbocycles. The Labute approximate surface area is 102 Å². The molecule has 4 heteroatoms. The quantitative estimate of drug-likeness (QED) is 0.701. The first-order chi connectivity index (χ1) is 8.29. The van der Waals surface area contributed by atoms with Crippen LogP contribution in [0.2, 0.25) is 0 Å². The Morgan fingerprint density at radius 2 is 2.41 bits per heavy atom. The van der Waals surface area contributed by atoms with Crippen molar-refractivity contribution in [2.24, 2.45) is 0 Å². The average molecular weight is 234 g/mol. The van der Waals surface area contributed by atoms with Crippen molar-refractivity contribution in [1.29, 1.82) is 0 Å². The second kappa shape index (κ2) is 5.77. The summed E-state index contributed by atoms with van der Waals surface area (Å²) < 4.78 is 4.99. The number of carbonyl (C=O) groups is 1. The van der Waals surface area contributed by atoms with Gasteiger partial charge in [0.15, 0.2) is 0 Å². The molecule has 0 aromatic carbocycles. The third kappa shape index (κ3) is 3.82. The van der Waals surface area contributed by atoms with Crippen molar-refractivity contribution in [3.05, 3.63) is 30.1 Å². The van der Waals surface area contributed by atoms with Crippen molar-refractivity contribution < 1.29 is 9.53 Å². The van der Waals surface area contributed by atoms with Gasteiger partial charge in [-0.05, 0) is 31.4 Å². The molecule has 0 bridgehead atoms. The van der Waals surface area contributed by atoms with Crippen LogP contribution in [0.1, 0.15) is 25.3 Å². The number of ether oxygens (including phenoxy) is 1. The van der Waals surface area contributed by atoms with Crippen LogP contribution in [0.3, 0.4) is 0 Å². The Bertz CT molecular complexity index is 363. The molecule has 0 amide bonds. The molecule has 2 rings (SSSR count). The number of hydrogen-bond acceptors (Lipinski definition) is 4. The number of nitrogens with zero attached hydrogens (tertiary/aromatic N) is 2. The van der Waals surface area contributed by atoms with Crippen LogP contribution in [-0.2, 0) is 16.1 Å². The standard InChI is InChI=1S/C13H18N2O2/c1-2-17-13(16)10-15(12-5-6-12)9-11-4-3-7-14-8-11/h3-4,7-8,12H,2,5-6,9-10H2,1H3. The van der Waals surface area contributed by atoms with Gasteiger partial charge in [-0.25, -0.2) is 0 Å². The predicted molar refractivity (Wildman–Crippen MR) is 64.3 cm³/mol. The molecule has 0 aliphatic heterocycles. The predicted octanol–water partition coefficient (Wildman–Crippen LogP) is 1.61. The molecule has 1 aliphatic carbocycles. The Morgan fingerprint density at radius 3 is 3.00 bits per heavy atom. The van der Waals surface area contributed by atoms with Gasteiger partial charge in [-0.15, -0.1) is 0 Å². The van der Waals surface area contributed by atoms with Crippen molar-refractivity contribution in [2.45, 2.75) is 32.4 Å². The van der Waals surface area contributed by atoms with Crippen molar-refractivity contribution in [2.75, 3.05) is 13.2 Å². The van der Waals surface area contributed by atoms with E-state index in [-0.39, 0.29) is 5.97 Å². The highest BCUT2D eigenvalue weighted by Gasteiger charge is 2.30. The van der Waals surface area contributed by atoms with Gasteiger partial charge < -0.3 is 4.74 Å². The average Bonchev–Trinajstić information content (AvgIpc) is 3.14. The molecule has 1 heterocycles. The lowest BCUT2D eigenvalue weighted by atomic mass is 10.2. The van der Waals surface area contributed by atoms with E-state index in [4.69, 9.17) is 4.74 Å². The molecule has 0 atom stereocenters. The van der Waals surface area contributed by atoms with Crippen LogP contribution in [0, 0.1) is 0 Å². The minimum atomic E-state index is -0.136. The van der Waals surface area contributed by atoms with Gasteiger partial charge in [0.2, 0.25) is 0 Å². The molecule has 0 unspecified atom stereocenters. The first-order valence-electron chi connectivity index (χ1n) is 6.08. The Hall–Kier alpha value is -1.42. The van der Waals surface area contributed by atoms with Crippen LogP contribution in [-0.4, -0.2) is 35.0 Å². The number of rotatable bonds is 6. The first kappa shape index (κ1) is 12.0. The molecule has 1 aliphatic rings. The summed E-state index contributed by atoms with van der Waals surface area (Å²) in [6.45, 7) is 3.44. The zero-order chi connectivity index (χ0) is 12.1. The number of aromatic nitrogens is 1. The third-order valence-corrected chi connectivity index (χ3v) is 2.81. The zero-order valence-electron chi connectivity index (χ0n) is 10.1. The first-order valence-corrected chi connectivity index (χ1v) is 6.08. The Kier molecular flexibility index (Phi) is 4.09. The van der Waals surface area contributed by atoms with Crippen molar-refractivity contribution in [3.8, 4) is 0 Å². The molecular weight excluding hydrogens is 216 g/mol. The van der Waals surface area contributed by atoms with E-state index in [0.29, 0.717) is 19.2 Å². The van der Waals surface area contributed by atoms with Crippen LogP contribution in [0.15, 0.2) is 24.5 Å². The number of pyridine rings is 1. The third-order valence-electron chi connectivity index (χ3n) is 2.81. The molecule has 1 aromatic heterocycles. The summed E-state index contributed by atoms with van der Waals surface area (Å²) in [7, 11) is 0. The van der Waals surface area contributed by atoms with E-state index in [1.165, 1.54) is 12.8 Å². The lowest BCUT2D eigenvalue weighted by Gasteiger charge is -2.20. The SMILES string of the molecule is CCOC(=O)CN(Cc1cccnc1)C1CC1. The topological polar surface area (TPSA) is 42.4 Å². The van der Waals surface area contributed by atoms with Gasteiger partial charge in [-0.3, -0.25) is 14.7 Å². The monoisotopic (exact) mass is 234 g/mol. The Morgan fingerprint density at radius 1 is 1.59 bits per heavy atom. The summed E-state index contributed by atoms with van der Waals surface area (Å²) in [6, 6.07) is 4.50.